The number of rotatable bonds is 5. The quantitative estimate of drug-likeness (QED) is 0.876. The number of benzene rings is 1. The van der Waals surface area contributed by atoms with Gasteiger partial charge in [-0.2, -0.15) is 0 Å². The molecular weight excluding hydrogens is 246 g/mol. The lowest BCUT2D eigenvalue weighted by Crippen LogP contribution is -2.19. The van der Waals surface area contributed by atoms with Crippen LogP contribution in [0.3, 0.4) is 0 Å². The highest BCUT2D eigenvalue weighted by Gasteiger charge is 2.25. The lowest BCUT2D eigenvalue weighted by Gasteiger charge is -2.22. The van der Waals surface area contributed by atoms with Crippen molar-refractivity contribution in [2.75, 3.05) is 13.2 Å². The summed E-state index contributed by atoms with van der Waals surface area (Å²) in [6.07, 6.45) is 5.28. The van der Waals surface area contributed by atoms with Crippen LogP contribution in [0, 0.1) is 5.92 Å². The minimum Gasteiger partial charge on any atom is -0.492 e. The van der Waals surface area contributed by atoms with E-state index in [1.165, 1.54) is 31.2 Å². The fourth-order valence-corrected chi connectivity index (χ4v) is 3.22. The van der Waals surface area contributed by atoms with Crippen molar-refractivity contribution in [2.24, 2.45) is 11.7 Å². The predicted octanol–water partition coefficient (Wildman–Crippen LogP) is 3.97. The zero-order chi connectivity index (χ0) is 13.0. The highest BCUT2D eigenvalue weighted by Crippen LogP contribution is 2.38. The van der Waals surface area contributed by atoms with Gasteiger partial charge >= 0.3 is 0 Å². The molecule has 1 saturated carbocycles. The van der Waals surface area contributed by atoms with Crippen molar-refractivity contribution in [2.45, 2.75) is 38.5 Å². The van der Waals surface area contributed by atoms with E-state index in [1.807, 2.05) is 19.1 Å². The zero-order valence-corrected chi connectivity index (χ0v) is 11.7. The van der Waals surface area contributed by atoms with Crippen LogP contribution in [0.25, 0.3) is 0 Å². The van der Waals surface area contributed by atoms with E-state index in [2.05, 4.69) is 6.07 Å². The van der Waals surface area contributed by atoms with Gasteiger partial charge in [-0.1, -0.05) is 30.5 Å². The molecule has 0 aromatic heterocycles. The molecule has 0 spiro atoms. The Morgan fingerprint density at radius 1 is 1.39 bits per heavy atom. The molecule has 2 rings (SSSR count). The fraction of sp³-hybridized carbons (Fsp3) is 0.600. The minimum absolute atomic E-state index is 0.445. The molecule has 1 unspecified atom stereocenters. The lowest BCUT2D eigenvalue weighted by molar-refractivity contribution is 0.340. The van der Waals surface area contributed by atoms with Crippen molar-refractivity contribution in [1.82, 2.24) is 0 Å². The van der Waals surface area contributed by atoms with Gasteiger partial charge in [0.2, 0.25) is 0 Å². The first-order valence-corrected chi connectivity index (χ1v) is 7.26. The third-order valence-corrected chi connectivity index (χ3v) is 4.20. The molecule has 1 fully saturated rings. The van der Waals surface area contributed by atoms with Gasteiger partial charge in [-0.25, -0.2) is 0 Å². The molecule has 1 aromatic carbocycles. The topological polar surface area (TPSA) is 35.2 Å². The average molecular weight is 268 g/mol. The summed E-state index contributed by atoms with van der Waals surface area (Å²) in [5.74, 6) is 1.94. The van der Waals surface area contributed by atoms with E-state index >= 15 is 0 Å². The first-order chi connectivity index (χ1) is 8.76. The predicted molar refractivity (Wildman–Crippen MR) is 76.4 cm³/mol. The summed E-state index contributed by atoms with van der Waals surface area (Å²) in [6.45, 7) is 3.31. The molecule has 1 aromatic rings. The number of ether oxygens (including phenoxy) is 1. The van der Waals surface area contributed by atoms with Crippen molar-refractivity contribution in [1.29, 1.82) is 0 Å². The van der Waals surface area contributed by atoms with Gasteiger partial charge in [-0.15, -0.1) is 0 Å². The second kappa shape index (κ2) is 6.44. The van der Waals surface area contributed by atoms with Crippen LogP contribution < -0.4 is 10.5 Å². The molecule has 0 saturated heterocycles. The van der Waals surface area contributed by atoms with Gasteiger partial charge in [0.05, 0.1) is 11.6 Å². The molecule has 3 heteroatoms. The summed E-state index contributed by atoms with van der Waals surface area (Å²) < 4.78 is 5.47. The highest BCUT2D eigenvalue weighted by atomic mass is 35.5. The Morgan fingerprint density at radius 2 is 2.11 bits per heavy atom. The van der Waals surface area contributed by atoms with Gasteiger partial charge in [0.1, 0.15) is 5.75 Å². The molecule has 1 aliphatic rings. The Hall–Kier alpha value is -0.730. The summed E-state index contributed by atoms with van der Waals surface area (Å²) >= 11 is 6.25. The Kier molecular flexibility index (Phi) is 4.90. The van der Waals surface area contributed by atoms with Gasteiger partial charge in [-0.3, -0.25) is 0 Å². The van der Waals surface area contributed by atoms with E-state index in [9.17, 15) is 0 Å². The van der Waals surface area contributed by atoms with Crippen LogP contribution >= 0.6 is 11.6 Å². The highest BCUT2D eigenvalue weighted by molar-refractivity contribution is 6.32. The second-order valence-corrected chi connectivity index (χ2v) is 5.42. The van der Waals surface area contributed by atoms with Gasteiger partial charge in [-0.05, 0) is 55.8 Å². The Bertz CT molecular complexity index is 388. The maximum Gasteiger partial charge on any atom is 0.137 e. The molecular formula is C15H22ClNO. The van der Waals surface area contributed by atoms with Crippen LogP contribution in [0.1, 0.15) is 44.1 Å². The van der Waals surface area contributed by atoms with Crippen molar-refractivity contribution < 1.29 is 4.74 Å². The van der Waals surface area contributed by atoms with E-state index < -0.39 is 0 Å². The largest absolute Gasteiger partial charge is 0.492 e. The fourth-order valence-electron chi connectivity index (χ4n) is 2.98. The maximum atomic E-state index is 6.25. The van der Waals surface area contributed by atoms with Crippen LogP contribution in [-0.4, -0.2) is 13.2 Å². The molecule has 2 N–H and O–H groups in total. The number of nitrogens with two attached hydrogens (primary N) is 1. The smallest absolute Gasteiger partial charge is 0.137 e. The molecule has 2 nitrogen and oxygen atoms in total. The second-order valence-electron chi connectivity index (χ2n) is 5.01. The molecule has 0 bridgehead atoms. The van der Waals surface area contributed by atoms with E-state index in [-0.39, 0.29) is 0 Å². The Morgan fingerprint density at radius 3 is 2.67 bits per heavy atom. The molecule has 18 heavy (non-hydrogen) atoms. The van der Waals surface area contributed by atoms with Crippen molar-refractivity contribution >= 4 is 11.6 Å². The summed E-state index contributed by atoms with van der Waals surface area (Å²) in [7, 11) is 0. The average Bonchev–Trinajstić information content (AvgIpc) is 2.87. The van der Waals surface area contributed by atoms with Crippen LogP contribution in [-0.2, 0) is 0 Å². The zero-order valence-electron chi connectivity index (χ0n) is 11.0. The maximum absolute atomic E-state index is 6.25. The molecule has 0 aliphatic heterocycles. The third kappa shape index (κ3) is 2.99. The molecule has 0 amide bonds. The van der Waals surface area contributed by atoms with E-state index in [4.69, 9.17) is 22.1 Å². The van der Waals surface area contributed by atoms with Crippen molar-refractivity contribution in [3.63, 3.8) is 0 Å². The van der Waals surface area contributed by atoms with Crippen molar-refractivity contribution in [3.05, 3.63) is 28.8 Å². The Labute approximate surface area is 114 Å². The minimum atomic E-state index is 0.445. The summed E-state index contributed by atoms with van der Waals surface area (Å²) in [6, 6.07) is 6.12. The SMILES string of the molecule is CCOc1ccc(C(CN)C2CCCC2)cc1Cl. The standard InChI is InChI=1S/C15H22ClNO/c1-2-18-15-8-7-12(9-14(15)16)13(10-17)11-5-3-4-6-11/h7-9,11,13H,2-6,10,17H2,1H3. The molecule has 1 atom stereocenters. The molecule has 1 aliphatic carbocycles. The van der Waals surface area contributed by atoms with E-state index in [0.717, 1.165) is 11.7 Å². The van der Waals surface area contributed by atoms with Crippen LogP contribution in [0.5, 0.6) is 5.75 Å². The van der Waals surface area contributed by atoms with Crippen molar-refractivity contribution in [3.8, 4) is 5.75 Å². The molecule has 100 valence electrons. The summed E-state index contributed by atoms with van der Waals surface area (Å²) in [5, 5.41) is 0.700. The van der Waals surface area contributed by atoms with Gasteiger partial charge < -0.3 is 10.5 Å². The van der Waals surface area contributed by atoms with Crippen LogP contribution in [0.4, 0.5) is 0 Å². The third-order valence-electron chi connectivity index (χ3n) is 3.91. The number of halogens is 1. The molecule has 0 heterocycles. The number of hydrogen-bond acceptors (Lipinski definition) is 2. The summed E-state index contributed by atoms with van der Waals surface area (Å²) in [5.41, 5.74) is 7.22. The van der Waals surface area contributed by atoms with E-state index in [1.54, 1.807) is 0 Å². The lowest BCUT2D eigenvalue weighted by atomic mass is 9.85. The van der Waals surface area contributed by atoms with Gasteiger partial charge in [0.15, 0.2) is 0 Å². The summed E-state index contributed by atoms with van der Waals surface area (Å²) in [4.78, 5) is 0. The Balaban J connectivity index is 2.17. The van der Waals surface area contributed by atoms with Crippen LogP contribution in [0.15, 0.2) is 18.2 Å². The first-order valence-electron chi connectivity index (χ1n) is 6.88. The first kappa shape index (κ1) is 13.7. The van der Waals surface area contributed by atoms with E-state index in [0.29, 0.717) is 24.1 Å². The van der Waals surface area contributed by atoms with Crippen LogP contribution in [0.2, 0.25) is 5.02 Å². The van der Waals surface area contributed by atoms with Gasteiger partial charge in [0.25, 0.3) is 0 Å². The number of hydrogen-bond donors (Lipinski definition) is 1. The monoisotopic (exact) mass is 267 g/mol. The molecule has 0 radical (unpaired) electrons. The normalized spacial score (nSPS) is 17.9. The van der Waals surface area contributed by atoms with Gasteiger partial charge in [0, 0.05) is 0 Å².